The van der Waals surface area contributed by atoms with Gasteiger partial charge in [-0.2, -0.15) is 0 Å². The summed E-state index contributed by atoms with van der Waals surface area (Å²) in [5, 5.41) is 2.38. The molecule has 5 nitrogen and oxygen atoms in total. The minimum atomic E-state index is -0.778. The van der Waals surface area contributed by atoms with Gasteiger partial charge in [-0.25, -0.2) is 4.79 Å². The molecule has 0 aliphatic carbocycles. The zero-order valence-corrected chi connectivity index (χ0v) is 13.7. The van der Waals surface area contributed by atoms with Crippen molar-refractivity contribution < 1.29 is 19.1 Å². The summed E-state index contributed by atoms with van der Waals surface area (Å²) in [6.07, 6.45) is 3.56. The molecule has 0 unspecified atom stereocenters. The van der Waals surface area contributed by atoms with Crippen LogP contribution in [0.1, 0.15) is 17.5 Å². The zero-order valence-electron chi connectivity index (χ0n) is 13.7. The molecule has 2 rings (SSSR count). The van der Waals surface area contributed by atoms with Gasteiger partial charge in [0.15, 0.2) is 0 Å². The molecule has 5 heteroatoms. The maximum atomic E-state index is 11.6. The molecule has 0 radical (unpaired) electrons. The third kappa shape index (κ3) is 7.26. The van der Waals surface area contributed by atoms with Crippen LogP contribution in [0.3, 0.4) is 0 Å². The Balaban J connectivity index is 1.66. The van der Waals surface area contributed by atoms with Gasteiger partial charge in [0.25, 0.3) is 0 Å². The Morgan fingerprint density at radius 2 is 1.52 bits per heavy atom. The lowest BCUT2D eigenvalue weighted by Crippen LogP contribution is -2.30. The van der Waals surface area contributed by atoms with E-state index in [1.807, 2.05) is 60.7 Å². The van der Waals surface area contributed by atoms with Crippen molar-refractivity contribution in [2.45, 2.75) is 12.8 Å². The normalized spacial score (nSPS) is 10.4. The van der Waals surface area contributed by atoms with Crippen molar-refractivity contribution in [3.05, 3.63) is 77.9 Å². The lowest BCUT2D eigenvalue weighted by Gasteiger charge is -2.04. The van der Waals surface area contributed by atoms with Crippen molar-refractivity contribution in [1.29, 1.82) is 0 Å². The molecule has 2 aromatic rings. The molecule has 0 heterocycles. The highest BCUT2D eigenvalue weighted by molar-refractivity contribution is 5.95. The average Bonchev–Trinajstić information content (AvgIpc) is 2.65. The summed E-state index contributed by atoms with van der Waals surface area (Å²) in [7, 11) is 0. The van der Waals surface area contributed by atoms with Crippen LogP contribution in [0.5, 0.6) is 0 Å². The highest BCUT2D eigenvalue weighted by Crippen LogP contribution is 2.03. The number of carbonyl (C=O) groups is 3. The molecular weight excluding hydrogens is 318 g/mol. The van der Waals surface area contributed by atoms with Crippen LogP contribution >= 0.6 is 0 Å². The van der Waals surface area contributed by atoms with Gasteiger partial charge in [-0.3, -0.25) is 9.59 Å². The summed E-state index contributed by atoms with van der Waals surface area (Å²) in [4.78, 5) is 34.8. The fourth-order valence-corrected chi connectivity index (χ4v) is 2.06. The van der Waals surface area contributed by atoms with Crippen molar-refractivity contribution in [2.75, 3.05) is 6.54 Å². The predicted molar refractivity (Wildman–Crippen MR) is 94.3 cm³/mol. The van der Waals surface area contributed by atoms with E-state index in [0.29, 0.717) is 6.42 Å². The van der Waals surface area contributed by atoms with E-state index in [1.165, 1.54) is 6.08 Å². The van der Waals surface area contributed by atoms with Crippen LogP contribution in [0, 0.1) is 0 Å². The van der Waals surface area contributed by atoms with Crippen LogP contribution in [0.2, 0.25) is 0 Å². The Morgan fingerprint density at radius 1 is 0.880 bits per heavy atom. The number of ether oxygens (including phenoxy) is 1. The molecule has 2 aromatic carbocycles. The van der Waals surface area contributed by atoms with Gasteiger partial charge >= 0.3 is 11.9 Å². The van der Waals surface area contributed by atoms with Crippen LogP contribution in [-0.2, 0) is 25.5 Å². The van der Waals surface area contributed by atoms with Gasteiger partial charge in [0.1, 0.15) is 6.54 Å². The average molecular weight is 337 g/mol. The summed E-state index contributed by atoms with van der Waals surface area (Å²) >= 11 is 0. The molecule has 0 fully saturated rings. The smallest absolute Gasteiger partial charge is 0.333 e. The maximum absolute atomic E-state index is 11.6. The second-order valence-electron chi connectivity index (χ2n) is 5.29. The molecule has 128 valence electrons. The second-order valence-corrected chi connectivity index (χ2v) is 5.29. The number of hydrogen-bond acceptors (Lipinski definition) is 4. The lowest BCUT2D eigenvalue weighted by molar-refractivity contribution is -0.159. The van der Waals surface area contributed by atoms with Crippen LogP contribution in [0.4, 0.5) is 0 Å². The number of rotatable bonds is 7. The monoisotopic (exact) mass is 337 g/mol. The van der Waals surface area contributed by atoms with Crippen molar-refractivity contribution in [2.24, 2.45) is 0 Å². The number of esters is 2. The molecule has 0 aliphatic rings. The Hall–Kier alpha value is -3.21. The summed E-state index contributed by atoms with van der Waals surface area (Å²) in [5.41, 5.74) is 1.86. The third-order valence-electron chi connectivity index (χ3n) is 3.32. The van der Waals surface area contributed by atoms with Gasteiger partial charge < -0.3 is 10.1 Å². The number of carbonyl (C=O) groups excluding carboxylic acids is 3. The van der Waals surface area contributed by atoms with Crippen LogP contribution < -0.4 is 5.32 Å². The number of amides is 1. The second kappa shape index (κ2) is 9.82. The zero-order chi connectivity index (χ0) is 17.9. The summed E-state index contributed by atoms with van der Waals surface area (Å²) in [6.45, 7) is -0.352. The summed E-state index contributed by atoms with van der Waals surface area (Å²) in [6, 6.07) is 18.7. The van der Waals surface area contributed by atoms with E-state index in [-0.39, 0.29) is 13.0 Å². The number of hydrogen-bond donors (Lipinski definition) is 1. The first-order valence-electron chi connectivity index (χ1n) is 7.92. The maximum Gasteiger partial charge on any atom is 0.333 e. The van der Waals surface area contributed by atoms with Crippen LogP contribution in [0.25, 0.3) is 6.08 Å². The molecule has 1 N–H and O–H groups in total. The Labute approximate surface area is 146 Å². The van der Waals surface area contributed by atoms with Crippen molar-refractivity contribution in [1.82, 2.24) is 5.32 Å². The largest absolute Gasteiger partial charge is 0.392 e. The molecule has 0 aliphatic heterocycles. The Morgan fingerprint density at radius 3 is 2.20 bits per heavy atom. The molecule has 0 atom stereocenters. The minimum Gasteiger partial charge on any atom is -0.392 e. The fourth-order valence-electron chi connectivity index (χ4n) is 2.06. The standard InChI is InChI=1S/C20H19NO4/c22-18(13-11-16-7-3-1-4-8-16)21-15-20(24)25-19(23)14-12-17-9-5-2-6-10-17/h1-11,13H,12,14-15H2,(H,21,22)/b13-11+. The first-order valence-corrected chi connectivity index (χ1v) is 7.92. The molecule has 0 spiro atoms. The summed E-state index contributed by atoms with van der Waals surface area (Å²) in [5.74, 6) is -1.82. The highest BCUT2D eigenvalue weighted by Gasteiger charge is 2.11. The highest BCUT2D eigenvalue weighted by atomic mass is 16.6. The number of benzene rings is 2. The quantitative estimate of drug-likeness (QED) is 0.479. The molecular formula is C20H19NO4. The van der Waals surface area contributed by atoms with Gasteiger partial charge in [0.2, 0.25) is 5.91 Å². The van der Waals surface area contributed by atoms with Crippen molar-refractivity contribution >= 4 is 23.9 Å². The molecule has 0 bridgehead atoms. The Kier molecular flexibility index (Phi) is 7.13. The van der Waals surface area contributed by atoms with Crippen LogP contribution in [0.15, 0.2) is 66.7 Å². The van der Waals surface area contributed by atoms with Gasteiger partial charge in [-0.1, -0.05) is 60.7 Å². The number of aryl methyl sites for hydroxylation is 1. The fraction of sp³-hybridized carbons (Fsp3) is 0.150. The third-order valence-corrected chi connectivity index (χ3v) is 3.32. The molecule has 25 heavy (non-hydrogen) atoms. The van der Waals surface area contributed by atoms with E-state index in [0.717, 1.165) is 11.1 Å². The van der Waals surface area contributed by atoms with Gasteiger partial charge in [-0.05, 0) is 23.6 Å². The number of nitrogens with one attached hydrogen (secondary N) is 1. The van der Waals surface area contributed by atoms with E-state index in [4.69, 9.17) is 0 Å². The molecule has 1 amide bonds. The van der Waals surface area contributed by atoms with E-state index in [1.54, 1.807) is 6.08 Å². The lowest BCUT2D eigenvalue weighted by atomic mass is 10.1. The SMILES string of the molecule is O=C(/C=C/c1ccccc1)NCC(=O)OC(=O)CCc1ccccc1. The van der Waals surface area contributed by atoms with E-state index in [9.17, 15) is 14.4 Å². The summed E-state index contributed by atoms with van der Waals surface area (Å²) < 4.78 is 4.67. The van der Waals surface area contributed by atoms with Crippen molar-refractivity contribution in [3.8, 4) is 0 Å². The molecule has 0 aromatic heterocycles. The van der Waals surface area contributed by atoms with Gasteiger partial charge in [0.05, 0.1) is 6.42 Å². The molecule has 0 saturated heterocycles. The topological polar surface area (TPSA) is 72.5 Å². The minimum absolute atomic E-state index is 0.109. The Bertz CT molecular complexity index is 739. The van der Waals surface area contributed by atoms with Crippen molar-refractivity contribution in [3.63, 3.8) is 0 Å². The van der Waals surface area contributed by atoms with Gasteiger partial charge in [0, 0.05) is 6.08 Å². The van der Waals surface area contributed by atoms with E-state index < -0.39 is 17.8 Å². The predicted octanol–water partition coefficient (Wildman–Crippen LogP) is 2.52. The van der Waals surface area contributed by atoms with Crippen LogP contribution in [-0.4, -0.2) is 24.4 Å². The van der Waals surface area contributed by atoms with Gasteiger partial charge in [-0.15, -0.1) is 0 Å². The first kappa shape index (κ1) is 18.1. The first-order chi connectivity index (χ1) is 12.1. The molecule has 0 saturated carbocycles. The van der Waals surface area contributed by atoms with E-state index in [2.05, 4.69) is 10.1 Å². The van der Waals surface area contributed by atoms with E-state index >= 15 is 0 Å².